The van der Waals surface area contributed by atoms with Gasteiger partial charge in [-0.3, -0.25) is 0 Å². The van der Waals surface area contributed by atoms with Crippen molar-refractivity contribution in [2.24, 2.45) is 0 Å². The Labute approximate surface area is 135 Å². The first-order valence-electron chi connectivity index (χ1n) is 6.06. The number of hydrogen-bond acceptors (Lipinski definition) is 2. The number of alkyl halides is 3. The highest BCUT2D eigenvalue weighted by atomic mass is 35.5. The standard InChI is InChI=1S/C14H11ClF3N3S/c15-12-6-5-10(7-11(12)14(16,17)18)21-13(22)20-9-3-1-8(19)2-4-9/h1-7H,19H2,(H2,20,21,22). The summed E-state index contributed by atoms with van der Waals surface area (Å²) >= 11 is 10.6. The molecule has 0 aliphatic carbocycles. The van der Waals surface area contributed by atoms with Gasteiger partial charge in [0.2, 0.25) is 0 Å². The van der Waals surface area contributed by atoms with E-state index in [-0.39, 0.29) is 15.8 Å². The second kappa shape index (κ2) is 6.41. The topological polar surface area (TPSA) is 50.1 Å². The number of nitrogens with two attached hydrogens (primary N) is 1. The van der Waals surface area contributed by atoms with Crippen molar-refractivity contribution >= 4 is 46.0 Å². The highest BCUT2D eigenvalue weighted by molar-refractivity contribution is 7.80. The fourth-order valence-electron chi connectivity index (χ4n) is 1.68. The number of thiocarbonyl (C=S) groups is 1. The second-order valence-corrected chi connectivity index (χ2v) is 5.21. The van der Waals surface area contributed by atoms with E-state index < -0.39 is 11.7 Å². The first-order chi connectivity index (χ1) is 10.3. The van der Waals surface area contributed by atoms with E-state index in [1.807, 2.05) is 0 Å². The first kappa shape index (κ1) is 16.4. The van der Waals surface area contributed by atoms with Crippen LogP contribution in [0.15, 0.2) is 42.5 Å². The summed E-state index contributed by atoms with van der Waals surface area (Å²) in [6.45, 7) is 0. The molecule has 0 fully saturated rings. The molecule has 0 heterocycles. The smallest absolute Gasteiger partial charge is 0.399 e. The van der Waals surface area contributed by atoms with Crippen LogP contribution in [0.2, 0.25) is 5.02 Å². The van der Waals surface area contributed by atoms with Crippen molar-refractivity contribution in [2.75, 3.05) is 16.4 Å². The number of nitrogen functional groups attached to an aromatic ring is 1. The molecule has 0 aliphatic heterocycles. The lowest BCUT2D eigenvalue weighted by molar-refractivity contribution is -0.137. The average molecular weight is 346 g/mol. The molecule has 0 aromatic heterocycles. The minimum absolute atomic E-state index is 0.153. The third-order valence-corrected chi connectivity index (χ3v) is 3.23. The van der Waals surface area contributed by atoms with Crippen molar-refractivity contribution in [3.8, 4) is 0 Å². The number of nitrogens with one attached hydrogen (secondary N) is 2. The van der Waals surface area contributed by atoms with Gasteiger partial charge in [0.1, 0.15) is 0 Å². The molecule has 0 bridgehead atoms. The highest BCUT2D eigenvalue weighted by Crippen LogP contribution is 2.36. The summed E-state index contributed by atoms with van der Waals surface area (Å²) in [7, 11) is 0. The maximum atomic E-state index is 12.8. The van der Waals surface area contributed by atoms with E-state index in [0.29, 0.717) is 11.4 Å². The van der Waals surface area contributed by atoms with Gasteiger partial charge in [0.15, 0.2) is 5.11 Å². The Morgan fingerprint density at radius 2 is 1.55 bits per heavy atom. The van der Waals surface area contributed by atoms with Gasteiger partial charge in [0, 0.05) is 17.1 Å². The van der Waals surface area contributed by atoms with Crippen LogP contribution in [0, 0.1) is 0 Å². The first-order valence-corrected chi connectivity index (χ1v) is 6.84. The largest absolute Gasteiger partial charge is 0.417 e. The molecule has 0 unspecified atom stereocenters. The summed E-state index contributed by atoms with van der Waals surface area (Å²) < 4.78 is 38.3. The molecule has 0 saturated heterocycles. The van der Waals surface area contributed by atoms with Crippen molar-refractivity contribution in [2.45, 2.75) is 6.18 Å². The van der Waals surface area contributed by atoms with E-state index in [2.05, 4.69) is 10.6 Å². The molecular formula is C14H11ClF3N3S. The summed E-state index contributed by atoms with van der Waals surface area (Å²) in [6.07, 6.45) is -4.53. The summed E-state index contributed by atoms with van der Waals surface area (Å²) in [6, 6.07) is 10.2. The van der Waals surface area contributed by atoms with Crippen molar-refractivity contribution in [1.29, 1.82) is 0 Å². The lowest BCUT2D eigenvalue weighted by atomic mass is 10.2. The van der Waals surface area contributed by atoms with Gasteiger partial charge in [-0.25, -0.2) is 0 Å². The van der Waals surface area contributed by atoms with Gasteiger partial charge in [0.05, 0.1) is 10.6 Å². The van der Waals surface area contributed by atoms with Crippen LogP contribution in [0.25, 0.3) is 0 Å². The lowest BCUT2D eigenvalue weighted by Gasteiger charge is -2.14. The van der Waals surface area contributed by atoms with E-state index in [9.17, 15) is 13.2 Å². The van der Waals surface area contributed by atoms with E-state index >= 15 is 0 Å². The van der Waals surface area contributed by atoms with Crippen molar-refractivity contribution in [1.82, 2.24) is 0 Å². The van der Waals surface area contributed by atoms with Crippen molar-refractivity contribution in [3.63, 3.8) is 0 Å². The Balaban J connectivity index is 2.10. The molecule has 0 spiro atoms. The molecule has 22 heavy (non-hydrogen) atoms. The minimum Gasteiger partial charge on any atom is -0.399 e. The van der Waals surface area contributed by atoms with Gasteiger partial charge < -0.3 is 16.4 Å². The van der Waals surface area contributed by atoms with Gasteiger partial charge in [-0.05, 0) is 54.7 Å². The van der Waals surface area contributed by atoms with Crippen LogP contribution in [0.3, 0.4) is 0 Å². The summed E-state index contributed by atoms with van der Waals surface area (Å²) in [5.74, 6) is 0. The van der Waals surface area contributed by atoms with E-state index in [1.54, 1.807) is 24.3 Å². The Kier molecular flexibility index (Phi) is 4.77. The molecule has 116 valence electrons. The highest BCUT2D eigenvalue weighted by Gasteiger charge is 2.33. The number of rotatable bonds is 2. The maximum Gasteiger partial charge on any atom is 0.417 e. The Morgan fingerprint density at radius 3 is 2.14 bits per heavy atom. The van der Waals surface area contributed by atoms with E-state index in [4.69, 9.17) is 29.6 Å². The van der Waals surface area contributed by atoms with Crippen LogP contribution in [0.4, 0.5) is 30.2 Å². The number of hydrogen-bond donors (Lipinski definition) is 3. The fourth-order valence-corrected chi connectivity index (χ4v) is 2.14. The molecule has 0 saturated carbocycles. The number of anilines is 3. The van der Waals surface area contributed by atoms with Crippen molar-refractivity contribution < 1.29 is 13.2 Å². The summed E-state index contributed by atoms with van der Waals surface area (Å²) in [5.41, 5.74) is 6.08. The number of benzene rings is 2. The summed E-state index contributed by atoms with van der Waals surface area (Å²) in [4.78, 5) is 0. The van der Waals surface area contributed by atoms with E-state index in [0.717, 1.165) is 6.07 Å². The SMILES string of the molecule is Nc1ccc(NC(=S)Nc2ccc(Cl)c(C(F)(F)F)c2)cc1. The molecule has 2 aromatic carbocycles. The fraction of sp³-hybridized carbons (Fsp3) is 0.0714. The molecule has 2 aromatic rings. The zero-order valence-electron chi connectivity index (χ0n) is 11.0. The number of halogens is 4. The predicted molar refractivity (Wildman–Crippen MR) is 87.2 cm³/mol. The predicted octanol–water partition coefficient (Wildman–Crippen LogP) is 4.75. The van der Waals surface area contributed by atoms with Crippen LogP contribution in [0.5, 0.6) is 0 Å². The Morgan fingerprint density at radius 1 is 1.00 bits per heavy atom. The van der Waals surface area contributed by atoms with Crippen LogP contribution in [0.1, 0.15) is 5.56 Å². The van der Waals surface area contributed by atoms with Gasteiger partial charge in [0.25, 0.3) is 0 Å². The molecule has 0 atom stereocenters. The molecular weight excluding hydrogens is 335 g/mol. The molecule has 0 amide bonds. The zero-order valence-corrected chi connectivity index (χ0v) is 12.6. The third kappa shape index (κ3) is 4.25. The Hall–Kier alpha value is -1.99. The Bertz CT molecular complexity index is 687. The molecule has 0 aliphatic rings. The monoisotopic (exact) mass is 345 g/mol. The minimum atomic E-state index is -4.53. The molecule has 2 rings (SSSR count). The quantitative estimate of drug-likeness (QED) is 0.543. The second-order valence-electron chi connectivity index (χ2n) is 4.39. The van der Waals surface area contributed by atoms with Gasteiger partial charge in [-0.1, -0.05) is 11.6 Å². The summed E-state index contributed by atoms with van der Waals surface area (Å²) in [5, 5.41) is 5.30. The normalized spacial score (nSPS) is 11.1. The van der Waals surface area contributed by atoms with Gasteiger partial charge in [-0.2, -0.15) is 13.2 Å². The zero-order chi connectivity index (χ0) is 16.3. The van der Waals surface area contributed by atoms with E-state index in [1.165, 1.54) is 12.1 Å². The molecule has 0 radical (unpaired) electrons. The lowest BCUT2D eigenvalue weighted by Crippen LogP contribution is -2.19. The van der Waals surface area contributed by atoms with Crippen LogP contribution < -0.4 is 16.4 Å². The molecule has 4 N–H and O–H groups in total. The van der Waals surface area contributed by atoms with Crippen LogP contribution in [-0.4, -0.2) is 5.11 Å². The molecule has 8 heteroatoms. The molecule has 3 nitrogen and oxygen atoms in total. The average Bonchev–Trinajstić information content (AvgIpc) is 2.42. The third-order valence-electron chi connectivity index (χ3n) is 2.70. The van der Waals surface area contributed by atoms with Gasteiger partial charge in [-0.15, -0.1) is 0 Å². The van der Waals surface area contributed by atoms with Crippen molar-refractivity contribution in [3.05, 3.63) is 53.1 Å². The van der Waals surface area contributed by atoms with Crippen LogP contribution >= 0.6 is 23.8 Å². The van der Waals surface area contributed by atoms with Gasteiger partial charge >= 0.3 is 6.18 Å². The van der Waals surface area contributed by atoms with Crippen LogP contribution in [-0.2, 0) is 6.18 Å². The maximum absolute atomic E-state index is 12.8.